The zero-order chi connectivity index (χ0) is 27.0. The molecule has 1 N–H and O–H groups in total. The Balaban J connectivity index is 1.97. The number of nitrogens with one attached hydrogen (secondary N) is 1. The predicted molar refractivity (Wildman–Crippen MR) is 147 cm³/mol. The van der Waals surface area contributed by atoms with E-state index >= 15 is 0 Å². The van der Waals surface area contributed by atoms with E-state index in [1.165, 1.54) is 4.90 Å². The zero-order valence-corrected chi connectivity index (χ0v) is 22.7. The Labute approximate surface area is 220 Å². The maximum Gasteiger partial charge on any atom is 0.264 e. The summed E-state index contributed by atoms with van der Waals surface area (Å²) in [7, 11) is -4.05. The van der Waals surface area contributed by atoms with Gasteiger partial charge >= 0.3 is 0 Å². The molecule has 196 valence electrons. The molecule has 3 aromatic carbocycles. The Bertz CT molecular complexity index is 1310. The Hall–Kier alpha value is -3.65. The summed E-state index contributed by atoms with van der Waals surface area (Å²) in [6.45, 7) is 7.50. The number of anilines is 1. The standard InChI is InChI=1S/C29H35N3O4S/c1-5-30-29(34)24(4)31(19-18-25-11-7-6-8-12-25)28(33)21-32(26-13-9-10-23(3)20-26)37(35,36)27-16-14-22(2)15-17-27/h6-17,20,24H,5,18-19,21H2,1-4H3,(H,30,34). The number of rotatable bonds is 11. The maximum atomic E-state index is 13.8. The number of likely N-dealkylation sites (N-methyl/N-ethyl adjacent to an activating group) is 1. The lowest BCUT2D eigenvalue weighted by atomic mass is 10.1. The Kier molecular flexibility index (Phi) is 9.47. The van der Waals surface area contributed by atoms with Gasteiger partial charge in [-0.1, -0.05) is 60.2 Å². The molecule has 0 aromatic heterocycles. The molecule has 3 rings (SSSR count). The molecule has 0 saturated carbocycles. The second-order valence-corrected chi connectivity index (χ2v) is 10.9. The monoisotopic (exact) mass is 521 g/mol. The maximum absolute atomic E-state index is 13.8. The number of sulfonamides is 1. The van der Waals surface area contributed by atoms with Gasteiger partial charge in [0.1, 0.15) is 12.6 Å². The minimum absolute atomic E-state index is 0.0972. The Morgan fingerprint density at radius 3 is 2.19 bits per heavy atom. The summed E-state index contributed by atoms with van der Waals surface area (Å²) in [5, 5.41) is 2.77. The van der Waals surface area contributed by atoms with Gasteiger partial charge in [0.25, 0.3) is 10.0 Å². The highest BCUT2D eigenvalue weighted by Crippen LogP contribution is 2.25. The largest absolute Gasteiger partial charge is 0.355 e. The molecule has 2 amide bonds. The number of benzene rings is 3. The molecular weight excluding hydrogens is 486 g/mol. The van der Waals surface area contributed by atoms with Gasteiger partial charge in [0.2, 0.25) is 11.8 Å². The number of aryl methyl sites for hydroxylation is 2. The van der Waals surface area contributed by atoms with Crippen molar-refractivity contribution in [1.29, 1.82) is 0 Å². The van der Waals surface area contributed by atoms with Crippen LogP contribution in [0.4, 0.5) is 5.69 Å². The topological polar surface area (TPSA) is 86.8 Å². The van der Waals surface area contributed by atoms with E-state index in [2.05, 4.69) is 5.32 Å². The van der Waals surface area contributed by atoms with E-state index in [1.807, 2.05) is 57.2 Å². The summed E-state index contributed by atoms with van der Waals surface area (Å²) < 4.78 is 28.7. The fraction of sp³-hybridized carbons (Fsp3) is 0.310. The van der Waals surface area contributed by atoms with Crippen LogP contribution in [0.1, 0.15) is 30.5 Å². The third-order valence-electron chi connectivity index (χ3n) is 6.18. The average molecular weight is 522 g/mol. The van der Waals surface area contributed by atoms with Gasteiger partial charge in [-0.15, -0.1) is 0 Å². The SMILES string of the molecule is CCNC(=O)C(C)N(CCc1ccccc1)C(=O)CN(c1cccc(C)c1)S(=O)(=O)c1ccc(C)cc1. The lowest BCUT2D eigenvalue weighted by molar-refractivity contribution is -0.138. The summed E-state index contributed by atoms with van der Waals surface area (Å²) >= 11 is 0. The lowest BCUT2D eigenvalue weighted by Crippen LogP contribution is -2.52. The zero-order valence-electron chi connectivity index (χ0n) is 21.8. The quantitative estimate of drug-likeness (QED) is 0.412. The van der Waals surface area contributed by atoms with Crippen LogP contribution in [-0.4, -0.2) is 50.8 Å². The van der Waals surface area contributed by atoms with Crippen LogP contribution in [0.5, 0.6) is 0 Å². The summed E-state index contributed by atoms with van der Waals surface area (Å²) in [5.74, 6) is -0.737. The smallest absolute Gasteiger partial charge is 0.264 e. The van der Waals surface area contributed by atoms with Crippen molar-refractivity contribution in [3.05, 3.63) is 95.6 Å². The van der Waals surface area contributed by atoms with Gasteiger partial charge in [-0.05, 0) is 69.5 Å². The van der Waals surface area contributed by atoms with E-state index in [4.69, 9.17) is 0 Å². The number of amides is 2. The van der Waals surface area contributed by atoms with Crippen molar-refractivity contribution < 1.29 is 18.0 Å². The molecule has 0 saturated heterocycles. The van der Waals surface area contributed by atoms with Crippen LogP contribution in [0.15, 0.2) is 83.8 Å². The number of hydrogen-bond donors (Lipinski definition) is 1. The average Bonchev–Trinajstić information content (AvgIpc) is 2.88. The van der Waals surface area contributed by atoms with Gasteiger partial charge in [0.15, 0.2) is 0 Å². The van der Waals surface area contributed by atoms with Crippen LogP contribution in [0.2, 0.25) is 0 Å². The fourth-order valence-electron chi connectivity index (χ4n) is 4.04. The number of nitrogens with zero attached hydrogens (tertiary/aromatic N) is 2. The van der Waals surface area contributed by atoms with Crippen molar-refractivity contribution in [1.82, 2.24) is 10.2 Å². The van der Waals surface area contributed by atoms with E-state index in [9.17, 15) is 18.0 Å². The molecule has 0 aliphatic rings. The van der Waals surface area contributed by atoms with Crippen molar-refractivity contribution >= 4 is 27.5 Å². The second kappa shape index (κ2) is 12.5. The molecule has 3 aromatic rings. The highest BCUT2D eigenvalue weighted by molar-refractivity contribution is 7.92. The van der Waals surface area contributed by atoms with E-state index in [1.54, 1.807) is 49.4 Å². The first-order valence-corrected chi connectivity index (χ1v) is 13.8. The van der Waals surface area contributed by atoms with Crippen molar-refractivity contribution in [2.75, 3.05) is 23.9 Å². The highest BCUT2D eigenvalue weighted by atomic mass is 32.2. The number of carbonyl (C=O) groups excluding carboxylic acids is 2. The summed E-state index contributed by atoms with van der Waals surface area (Å²) in [5.41, 5.74) is 3.21. The number of hydrogen-bond acceptors (Lipinski definition) is 4. The van der Waals surface area contributed by atoms with Crippen LogP contribution in [-0.2, 0) is 26.0 Å². The van der Waals surface area contributed by atoms with Crippen molar-refractivity contribution in [2.45, 2.75) is 45.1 Å². The van der Waals surface area contributed by atoms with Crippen LogP contribution in [0.25, 0.3) is 0 Å². The van der Waals surface area contributed by atoms with Gasteiger partial charge in [-0.2, -0.15) is 0 Å². The first kappa shape index (κ1) is 27.9. The molecule has 0 fully saturated rings. The molecule has 0 heterocycles. The van der Waals surface area contributed by atoms with Crippen LogP contribution in [0, 0.1) is 13.8 Å². The molecule has 7 nitrogen and oxygen atoms in total. The van der Waals surface area contributed by atoms with Gasteiger partial charge < -0.3 is 10.2 Å². The third-order valence-corrected chi connectivity index (χ3v) is 7.97. The van der Waals surface area contributed by atoms with Crippen molar-refractivity contribution in [3.8, 4) is 0 Å². The molecule has 1 atom stereocenters. The second-order valence-electron chi connectivity index (χ2n) is 9.06. The highest BCUT2D eigenvalue weighted by Gasteiger charge is 2.32. The van der Waals surface area contributed by atoms with Crippen molar-refractivity contribution in [3.63, 3.8) is 0 Å². The molecule has 37 heavy (non-hydrogen) atoms. The summed E-state index contributed by atoms with van der Waals surface area (Å²) in [6, 6.07) is 22.5. The van der Waals surface area contributed by atoms with E-state index in [0.29, 0.717) is 18.7 Å². The molecular formula is C29H35N3O4S. The van der Waals surface area contributed by atoms with E-state index in [0.717, 1.165) is 21.0 Å². The van der Waals surface area contributed by atoms with Gasteiger partial charge in [-0.3, -0.25) is 13.9 Å². The van der Waals surface area contributed by atoms with Gasteiger partial charge in [0, 0.05) is 13.1 Å². The van der Waals surface area contributed by atoms with Crippen molar-refractivity contribution in [2.24, 2.45) is 0 Å². The van der Waals surface area contributed by atoms with Crippen LogP contribution >= 0.6 is 0 Å². The molecule has 1 unspecified atom stereocenters. The minimum atomic E-state index is -4.05. The number of carbonyl (C=O) groups is 2. The third kappa shape index (κ3) is 7.20. The normalized spacial score (nSPS) is 12.0. The Morgan fingerprint density at radius 1 is 0.892 bits per heavy atom. The van der Waals surface area contributed by atoms with Crippen LogP contribution in [0.3, 0.4) is 0 Å². The van der Waals surface area contributed by atoms with E-state index in [-0.39, 0.29) is 17.3 Å². The lowest BCUT2D eigenvalue weighted by Gasteiger charge is -2.32. The van der Waals surface area contributed by atoms with Gasteiger partial charge in [-0.25, -0.2) is 8.42 Å². The van der Waals surface area contributed by atoms with Crippen LogP contribution < -0.4 is 9.62 Å². The molecule has 0 bridgehead atoms. The molecule has 0 aliphatic heterocycles. The fourth-order valence-corrected chi connectivity index (χ4v) is 5.45. The molecule has 0 aliphatic carbocycles. The Morgan fingerprint density at radius 2 is 1.57 bits per heavy atom. The van der Waals surface area contributed by atoms with E-state index < -0.39 is 28.5 Å². The molecule has 0 radical (unpaired) electrons. The first-order valence-electron chi connectivity index (χ1n) is 12.4. The minimum Gasteiger partial charge on any atom is -0.355 e. The predicted octanol–water partition coefficient (Wildman–Crippen LogP) is 4.09. The van der Waals surface area contributed by atoms with Gasteiger partial charge in [0.05, 0.1) is 10.6 Å². The summed E-state index contributed by atoms with van der Waals surface area (Å²) in [4.78, 5) is 28.0. The molecule has 8 heteroatoms. The molecule has 0 spiro atoms. The summed E-state index contributed by atoms with van der Waals surface area (Å²) in [6.07, 6.45) is 0.533. The first-order chi connectivity index (χ1) is 17.6.